The SMILES string of the molecule is Cc1cccc(NCC(C)(C)[N+](=O)[O-])c1. The van der Waals surface area contributed by atoms with Gasteiger partial charge in [-0.25, -0.2) is 0 Å². The summed E-state index contributed by atoms with van der Waals surface area (Å²) in [6.45, 7) is 5.53. The molecule has 1 aromatic carbocycles. The van der Waals surface area contributed by atoms with Gasteiger partial charge in [-0.15, -0.1) is 0 Å². The van der Waals surface area contributed by atoms with E-state index in [0.717, 1.165) is 11.3 Å². The van der Waals surface area contributed by atoms with Crippen molar-refractivity contribution in [3.8, 4) is 0 Å². The van der Waals surface area contributed by atoms with Crippen molar-refractivity contribution in [2.75, 3.05) is 11.9 Å². The van der Waals surface area contributed by atoms with Gasteiger partial charge < -0.3 is 5.32 Å². The molecule has 4 nitrogen and oxygen atoms in total. The number of benzene rings is 1. The van der Waals surface area contributed by atoms with Crippen LogP contribution >= 0.6 is 0 Å². The Morgan fingerprint density at radius 2 is 2.13 bits per heavy atom. The summed E-state index contributed by atoms with van der Waals surface area (Å²) in [6.07, 6.45) is 0. The Morgan fingerprint density at radius 3 is 2.67 bits per heavy atom. The number of nitrogens with zero attached hydrogens (tertiary/aromatic N) is 1. The summed E-state index contributed by atoms with van der Waals surface area (Å²) in [7, 11) is 0. The summed E-state index contributed by atoms with van der Waals surface area (Å²) in [5.41, 5.74) is 1.12. The minimum absolute atomic E-state index is 0.268. The van der Waals surface area contributed by atoms with Crippen LogP contribution in [0.3, 0.4) is 0 Å². The standard InChI is InChI=1S/C11H16N2O2/c1-9-5-4-6-10(7-9)12-8-11(2,3)13(14)15/h4-7,12H,8H2,1-3H3. The smallest absolute Gasteiger partial charge is 0.233 e. The first kappa shape index (κ1) is 11.5. The van der Waals surface area contributed by atoms with Crippen molar-refractivity contribution < 1.29 is 4.92 Å². The van der Waals surface area contributed by atoms with Crippen LogP contribution in [0.15, 0.2) is 24.3 Å². The molecule has 82 valence electrons. The Hall–Kier alpha value is -1.58. The van der Waals surface area contributed by atoms with Crippen molar-refractivity contribution in [2.24, 2.45) is 0 Å². The summed E-state index contributed by atoms with van der Waals surface area (Å²) in [5, 5.41) is 13.7. The Balaban J connectivity index is 2.61. The number of nitro groups is 1. The Bertz CT molecular complexity index is 361. The fraction of sp³-hybridized carbons (Fsp3) is 0.455. The van der Waals surface area contributed by atoms with E-state index in [2.05, 4.69) is 5.32 Å². The minimum atomic E-state index is -0.941. The fourth-order valence-electron chi connectivity index (χ4n) is 1.14. The van der Waals surface area contributed by atoms with Gasteiger partial charge in [0.1, 0.15) is 0 Å². The molecular weight excluding hydrogens is 192 g/mol. The largest absolute Gasteiger partial charge is 0.378 e. The van der Waals surface area contributed by atoms with Gasteiger partial charge in [-0.3, -0.25) is 10.1 Å². The monoisotopic (exact) mass is 208 g/mol. The van der Waals surface area contributed by atoms with Crippen molar-refractivity contribution in [3.05, 3.63) is 39.9 Å². The van der Waals surface area contributed by atoms with Gasteiger partial charge in [-0.05, 0) is 24.6 Å². The van der Waals surface area contributed by atoms with Gasteiger partial charge in [0.2, 0.25) is 5.54 Å². The van der Waals surface area contributed by atoms with Gasteiger partial charge in [-0.2, -0.15) is 0 Å². The van der Waals surface area contributed by atoms with E-state index in [-0.39, 0.29) is 4.92 Å². The van der Waals surface area contributed by atoms with Crippen LogP contribution in [0.25, 0.3) is 0 Å². The molecule has 1 rings (SSSR count). The van der Waals surface area contributed by atoms with E-state index in [1.807, 2.05) is 31.2 Å². The van der Waals surface area contributed by atoms with Gasteiger partial charge in [0, 0.05) is 24.5 Å². The average Bonchev–Trinajstić information content (AvgIpc) is 2.15. The van der Waals surface area contributed by atoms with Crippen LogP contribution in [-0.4, -0.2) is 17.0 Å². The third kappa shape index (κ3) is 3.23. The van der Waals surface area contributed by atoms with E-state index < -0.39 is 5.54 Å². The second-order valence-electron chi connectivity index (χ2n) is 4.29. The first-order valence-corrected chi connectivity index (χ1v) is 4.87. The molecule has 15 heavy (non-hydrogen) atoms. The highest BCUT2D eigenvalue weighted by Crippen LogP contribution is 2.13. The van der Waals surface area contributed by atoms with E-state index in [1.165, 1.54) is 0 Å². The maximum absolute atomic E-state index is 10.7. The number of anilines is 1. The van der Waals surface area contributed by atoms with Gasteiger partial charge >= 0.3 is 0 Å². The molecule has 0 aliphatic carbocycles. The lowest BCUT2D eigenvalue weighted by Gasteiger charge is -2.17. The normalized spacial score (nSPS) is 11.1. The molecule has 4 heteroatoms. The molecule has 0 unspecified atom stereocenters. The maximum Gasteiger partial charge on any atom is 0.233 e. The van der Waals surface area contributed by atoms with E-state index in [1.54, 1.807) is 13.8 Å². The summed E-state index contributed by atoms with van der Waals surface area (Å²) >= 11 is 0. The maximum atomic E-state index is 10.7. The quantitative estimate of drug-likeness (QED) is 0.610. The van der Waals surface area contributed by atoms with E-state index in [0.29, 0.717) is 6.54 Å². The first-order valence-electron chi connectivity index (χ1n) is 4.87. The first-order chi connectivity index (χ1) is 6.92. The predicted octanol–water partition coefficient (Wildman–Crippen LogP) is 2.46. The summed E-state index contributed by atoms with van der Waals surface area (Å²) in [6, 6.07) is 7.79. The van der Waals surface area contributed by atoms with E-state index in [4.69, 9.17) is 0 Å². The predicted molar refractivity (Wildman–Crippen MR) is 60.7 cm³/mol. The second kappa shape index (κ2) is 4.29. The minimum Gasteiger partial charge on any atom is -0.378 e. The van der Waals surface area contributed by atoms with Gasteiger partial charge in [0.05, 0.1) is 6.54 Å². The Morgan fingerprint density at radius 1 is 1.47 bits per heavy atom. The number of aryl methyl sites for hydroxylation is 1. The summed E-state index contributed by atoms with van der Waals surface area (Å²) in [5.74, 6) is 0. The number of nitrogens with one attached hydrogen (secondary N) is 1. The molecule has 0 fully saturated rings. The second-order valence-corrected chi connectivity index (χ2v) is 4.29. The van der Waals surface area contributed by atoms with Gasteiger partial charge in [0.15, 0.2) is 0 Å². The highest BCUT2D eigenvalue weighted by Gasteiger charge is 2.29. The Kier molecular flexibility index (Phi) is 3.29. The molecule has 0 aromatic heterocycles. The van der Waals surface area contributed by atoms with Crippen LogP contribution in [-0.2, 0) is 0 Å². The third-order valence-corrected chi connectivity index (χ3v) is 2.24. The van der Waals surface area contributed by atoms with Crippen LogP contribution < -0.4 is 5.32 Å². The number of rotatable bonds is 4. The van der Waals surface area contributed by atoms with Crippen LogP contribution in [0.2, 0.25) is 0 Å². The highest BCUT2D eigenvalue weighted by atomic mass is 16.6. The zero-order valence-electron chi connectivity index (χ0n) is 9.28. The number of hydrogen-bond donors (Lipinski definition) is 1. The molecule has 0 bridgehead atoms. The molecule has 1 N–H and O–H groups in total. The van der Waals surface area contributed by atoms with Crippen LogP contribution in [0.4, 0.5) is 5.69 Å². The molecular formula is C11H16N2O2. The van der Waals surface area contributed by atoms with E-state index >= 15 is 0 Å². The average molecular weight is 208 g/mol. The lowest BCUT2D eigenvalue weighted by atomic mass is 10.1. The zero-order chi connectivity index (χ0) is 11.5. The topological polar surface area (TPSA) is 55.2 Å². The highest BCUT2D eigenvalue weighted by molar-refractivity contribution is 5.45. The lowest BCUT2D eigenvalue weighted by Crippen LogP contribution is -2.38. The molecule has 0 saturated carbocycles. The third-order valence-electron chi connectivity index (χ3n) is 2.24. The lowest BCUT2D eigenvalue weighted by molar-refractivity contribution is -0.556. The molecule has 0 aliphatic heterocycles. The number of hydrogen-bond acceptors (Lipinski definition) is 3. The van der Waals surface area contributed by atoms with Gasteiger partial charge in [0.25, 0.3) is 0 Å². The molecule has 0 saturated heterocycles. The molecule has 0 heterocycles. The van der Waals surface area contributed by atoms with E-state index in [9.17, 15) is 10.1 Å². The van der Waals surface area contributed by atoms with Crippen molar-refractivity contribution in [1.29, 1.82) is 0 Å². The Labute approximate surface area is 89.5 Å². The van der Waals surface area contributed by atoms with Crippen molar-refractivity contribution in [1.82, 2.24) is 0 Å². The molecule has 0 spiro atoms. The molecule has 0 radical (unpaired) electrons. The van der Waals surface area contributed by atoms with Crippen LogP contribution in [0, 0.1) is 17.0 Å². The van der Waals surface area contributed by atoms with Crippen molar-refractivity contribution in [3.63, 3.8) is 0 Å². The molecule has 0 atom stereocenters. The van der Waals surface area contributed by atoms with Crippen LogP contribution in [0.5, 0.6) is 0 Å². The molecule has 1 aromatic rings. The summed E-state index contributed by atoms with van der Waals surface area (Å²) in [4.78, 5) is 10.4. The zero-order valence-corrected chi connectivity index (χ0v) is 9.28. The fourth-order valence-corrected chi connectivity index (χ4v) is 1.14. The summed E-state index contributed by atoms with van der Waals surface area (Å²) < 4.78 is 0. The van der Waals surface area contributed by atoms with Crippen LogP contribution in [0.1, 0.15) is 19.4 Å². The van der Waals surface area contributed by atoms with Gasteiger partial charge in [-0.1, -0.05) is 12.1 Å². The molecule has 0 aliphatic rings. The molecule has 0 amide bonds. The van der Waals surface area contributed by atoms with Crippen molar-refractivity contribution >= 4 is 5.69 Å². The van der Waals surface area contributed by atoms with Crippen molar-refractivity contribution in [2.45, 2.75) is 26.3 Å².